The molecule has 0 saturated carbocycles. The van der Waals surface area contributed by atoms with Crippen LogP contribution >= 0.6 is 0 Å². The first-order valence-electron chi connectivity index (χ1n) is 4.12. The molecule has 0 bridgehead atoms. The van der Waals surface area contributed by atoms with Gasteiger partial charge in [0.15, 0.2) is 0 Å². The van der Waals surface area contributed by atoms with Gasteiger partial charge in [0.1, 0.15) is 0 Å². The molecule has 68 valence electrons. The third-order valence-corrected chi connectivity index (χ3v) is 1.94. The second-order valence-electron chi connectivity index (χ2n) is 3.43. The van der Waals surface area contributed by atoms with Crippen molar-refractivity contribution in [3.05, 3.63) is 0 Å². The summed E-state index contributed by atoms with van der Waals surface area (Å²) in [5.41, 5.74) is 5.50. The molecular formula is C8H14N2O2. The van der Waals surface area contributed by atoms with Crippen LogP contribution in [-0.2, 0) is 9.59 Å². The van der Waals surface area contributed by atoms with E-state index in [4.69, 9.17) is 5.73 Å². The number of carbonyl (C=O) groups excluding carboxylic acids is 2. The zero-order valence-corrected chi connectivity index (χ0v) is 7.41. The average molecular weight is 170 g/mol. The fourth-order valence-corrected chi connectivity index (χ4v) is 1.33. The van der Waals surface area contributed by atoms with Crippen molar-refractivity contribution in [1.29, 1.82) is 0 Å². The van der Waals surface area contributed by atoms with Gasteiger partial charge in [-0.15, -0.1) is 0 Å². The van der Waals surface area contributed by atoms with Crippen molar-refractivity contribution in [2.24, 2.45) is 11.7 Å². The van der Waals surface area contributed by atoms with E-state index < -0.39 is 0 Å². The van der Waals surface area contributed by atoms with Crippen molar-refractivity contribution in [1.82, 2.24) is 4.90 Å². The molecule has 1 fully saturated rings. The lowest BCUT2D eigenvalue weighted by Gasteiger charge is -2.16. The quantitative estimate of drug-likeness (QED) is 0.580. The minimum absolute atomic E-state index is 0.0858. The van der Waals surface area contributed by atoms with E-state index in [0.29, 0.717) is 13.0 Å². The zero-order valence-electron chi connectivity index (χ0n) is 7.41. The number of rotatable bonds is 2. The summed E-state index contributed by atoms with van der Waals surface area (Å²) in [7, 11) is 0. The summed E-state index contributed by atoms with van der Waals surface area (Å²) in [6.07, 6.45) is 0.339. The molecule has 1 aliphatic heterocycles. The van der Waals surface area contributed by atoms with Gasteiger partial charge in [0.25, 0.3) is 0 Å². The SMILES string of the molecule is CC1CC(=O)N(C[C@H](C)N)C1=O. The summed E-state index contributed by atoms with van der Waals surface area (Å²) in [4.78, 5) is 23.7. The van der Waals surface area contributed by atoms with Gasteiger partial charge in [-0.1, -0.05) is 6.92 Å². The standard InChI is InChI=1S/C8H14N2O2/c1-5-3-7(11)10(8(5)12)4-6(2)9/h5-6H,3-4,9H2,1-2H3/t5?,6-/m0/s1. The minimum Gasteiger partial charge on any atom is -0.326 e. The molecule has 1 unspecified atom stereocenters. The lowest BCUT2D eigenvalue weighted by molar-refractivity contribution is -0.139. The smallest absolute Gasteiger partial charge is 0.232 e. The number of amides is 2. The summed E-state index contributed by atoms with van der Waals surface area (Å²) in [6.45, 7) is 3.90. The molecule has 1 rings (SSSR count). The molecule has 0 aromatic carbocycles. The predicted octanol–water partition coefficient (Wildman–Crippen LogP) is -0.271. The van der Waals surface area contributed by atoms with Crippen molar-refractivity contribution in [3.8, 4) is 0 Å². The molecule has 2 amide bonds. The molecule has 2 N–H and O–H groups in total. The Morgan fingerprint density at radius 1 is 1.67 bits per heavy atom. The number of nitrogens with zero attached hydrogens (tertiary/aromatic N) is 1. The van der Waals surface area contributed by atoms with Crippen LogP contribution in [0.15, 0.2) is 0 Å². The number of carbonyl (C=O) groups is 2. The number of imide groups is 1. The van der Waals surface area contributed by atoms with Gasteiger partial charge >= 0.3 is 0 Å². The van der Waals surface area contributed by atoms with Crippen LogP contribution in [-0.4, -0.2) is 29.3 Å². The Morgan fingerprint density at radius 2 is 2.25 bits per heavy atom. The van der Waals surface area contributed by atoms with Crippen LogP contribution in [0.4, 0.5) is 0 Å². The number of nitrogens with two attached hydrogens (primary N) is 1. The minimum atomic E-state index is -0.156. The van der Waals surface area contributed by atoms with Crippen LogP contribution < -0.4 is 5.73 Å². The normalized spacial score (nSPS) is 26.6. The third kappa shape index (κ3) is 1.64. The zero-order chi connectivity index (χ0) is 9.30. The van der Waals surface area contributed by atoms with Crippen molar-refractivity contribution >= 4 is 11.8 Å². The van der Waals surface area contributed by atoms with Crippen LogP contribution in [0.5, 0.6) is 0 Å². The number of likely N-dealkylation sites (tertiary alicyclic amines) is 1. The summed E-state index contributed by atoms with van der Waals surface area (Å²) < 4.78 is 0. The Balaban J connectivity index is 2.64. The average Bonchev–Trinajstić information content (AvgIpc) is 2.16. The van der Waals surface area contributed by atoms with Gasteiger partial charge in [0.2, 0.25) is 11.8 Å². The first-order valence-corrected chi connectivity index (χ1v) is 4.12. The van der Waals surface area contributed by atoms with E-state index in [0.717, 1.165) is 0 Å². The van der Waals surface area contributed by atoms with Crippen molar-refractivity contribution < 1.29 is 9.59 Å². The fourth-order valence-electron chi connectivity index (χ4n) is 1.33. The molecular weight excluding hydrogens is 156 g/mol. The van der Waals surface area contributed by atoms with Gasteiger partial charge in [-0.25, -0.2) is 0 Å². The Bertz CT molecular complexity index is 213. The maximum Gasteiger partial charge on any atom is 0.232 e. The van der Waals surface area contributed by atoms with E-state index in [1.165, 1.54) is 4.90 Å². The second-order valence-corrected chi connectivity index (χ2v) is 3.43. The van der Waals surface area contributed by atoms with E-state index in [2.05, 4.69) is 0 Å². The molecule has 1 aliphatic rings. The Labute approximate surface area is 71.7 Å². The van der Waals surface area contributed by atoms with Crippen molar-refractivity contribution in [2.75, 3.05) is 6.54 Å². The van der Waals surface area contributed by atoms with Gasteiger partial charge in [0.05, 0.1) is 0 Å². The number of hydrogen-bond donors (Lipinski definition) is 1. The molecule has 12 heavy (non-hydrogen) atoms. The van der Waals surface area contributed by atoms with Crippen LogP contribution in [0.3, 0.4) is 0 Å². The van der Waals surface area contributed by atoms with E-state index in [1.807, 2.05) is 0 Å². The topological polar surface area (TPSA) is 63.4 Å². The molecule has 0 aliphatic carbocycles. The Hall–Kier alpha value is -0.900. The van der Waals surface area contributed by atoms with Gasteiger partial charge in [0, 0.05) is 24.9 Å². The van der Waals surface area contributed by atoms with Crippen LogP contribution in [0.2, 0.25) is 0 Å². The monoisotopic (exact) mass is 170 g/mol. The molecule has 1 heterocycles. The summed E-state index contributed by atoms with van der Waals surface area (Å²) in [6, 6.07) is -0.136. The molecule has 0 aromatic rings. The number of hydrogen-bond acceptors (Lipinski definition) is 3. The van der Waals surface area contributed by atoms with Gasteiger partial charge < -0.3 is 5.73 Å². The summed E-state index contributed by atoms with van der Waals surface area (Å²) >= 11 is 0. The van der Waals surface area contributed by atoms with Crippen LogP contribution in [0, 0.1) is 5.92 Å². The van der Waals surface area contributed by atoms with Crippen LogP contribution in [0.25, 0.3) is 0 Å². The molecule has 0 aromatic heterocycles. The third-order valence-electron chi connectivity index (χ3n) is 1.94. The molecule has 0 radical (unpaired) electrons. The first-order chi connectivity index (χ1) is 5.52. The fraction of sp³-hybridized carbons (Fsp3) is 0.750. The van der Waals surface area contributed by atoms with E-state index in [1.54, 1.807) is 13.8 Å². The van der Waals surface area contributed by atoms with E-state index in [-0.39, 0.29) is 23.8 Å². The maximum absolute atomic E-state index is 11.3. The predicted molar refractivity (Wildman–Crippen MR) is 44.2 cm³/mol. The maximum atomic E-state index is 11.3. The molecule has 2 atom stereocenters. The molecule has 1 saturated heterocycles. The summed E-state index contributed by atoms with van der Waals surface area (Å²) in [5.74, 6) is -0.335. The van der Waals surface area contributed by atoms with Gasteiger partial charge in [-0.05, 0) is 6.92 Å². The highest BCUT2D eigenvalue weighted by atomic mass is 16.2. The molecule has 0 spiro atoms. The second kappa shape index (κ2) is 3.23. The highest BCUT2D eigenvalue weighted by Crippen LogP contribution is 2.18. The van der Waals surface area contributed by atoms with E-state index >= 15 is 0 Å². The molecule has 4 nitrogen and oxygen atoms in total. The van der Waals surface area contributed by atoms with Gasteiger partial charge in [-0.2, -0.15) is 0 Å². The molecule has 4 heteroatoms. The largest absolute Gasteiger partial charge is 0.326 e. The Kier molecular flexibility index (Phi) is 2.47. The highest BCUT2D eigenvalue weighted by molar-refractivity contribution is 6.03. The Morgan fingerprint density at radius 3 is 2.58 bits per heavy atom. The van der Waals surface area contributed by atoms with Crippen molar-refractivity contribution in [2.45, 2.75) is 26.3 Å². The van der Waals surface area contributed by atoms with Crippen LogP contribution in [0.1, 0.15) is 20.3 Å². The lowest BCUT2D eigenvalue weighted by atomic mass is 10.1. The first kappa shape index (κ1) is 9.19. The van der Waals surface area contributed by atoms with Gasteiger partial charge in [-0.3, -0.25) is 14.5 Å². The van der Waals surface area contributed by atoms with E-state index in [9.17, 15) is 9.59 Å². The van der Waals surface area contributed by atoms with Crippen molar-refractivity contribution in [3.63, 3.8) is 0 Å². The lowest BCUT2D eigenvalue weighted by Crippen LogP contribution is -2.39. The highest BCUT2D eigenvalue weighted by Gasteiger charge is 2.35. The summed E-state index contributed by atoms with van der Waals surface area (Å²) in [5, 5.41) is 0.